The first-order valence-corrected chi connectivity index (χ1v) is 12.4. The molecule has 2 heterocycles. The summed E-state index contributed by atoms with van der Waals surface area (Å²) in [7, 11) is -3.14. The standard InChI is InChI=1S/C19H24BrN5O3S/c1-29(27,28)24-10-8-13(9-11-24)12-21-19(26)17-18(14-2-3-14)25(23-22-17)16-6-4-15(20)5-7-16/h4-7,13-14H,2-3,8-12H2,1H3,(H,21,26). The lowest BCUT2D eigenvalue weighted by Gasteiger charge is -2.30. The predicted octanol–water partition coefficient (Wildman–Crippen LogP) is 2.31. The second kappa shape index (κ2) is 8.16. The normalized spacial score (nSPS) is 18.7. The molecule has 1 aliphatic carbocycles. The van der Waals surface area contributed by atoms with Crippen LogP contribution in [0.5, 0.6) is 0 Å². The second-order valence-corrected chi connectivity index (χ2v) is 10.7. The van der Waals surface area contributed by atoms with Crippen LogP contribution in [0.25, 0.3) is 5.69 Å². The molecule has 29 heavy (non-hydrogen) atoms. The van der Waals surface area contributed by atoms with Gasteiger partial charge < -0.3 is 5.32 Å². The van der Waals surface area contributed by atoms with Gasteiger partial charge in [-0.1, -0.05) is 21.1 Å². The number of halogens is 1. The quantitative estimate of drug-likeness (QED) is 0.682. The van der Waals surface area contributed by atoms with E-state index in [9.17, 15) is 13.2 Å². The molecule has 1 N–H and O–H groups in total. The highest BCUT2D eigenvalue weighted by molar-refractivity contribution is 9.10. The number of sulfonamides is 1. The van der Waals surface area contributed by atoms with E-state index in [2.05, 4.69) is 31.6 Å². The van der Waals surface area contributed by atoms with Gasteiger partial charge in [-0.2, -0.15) is 0 Å². The first kappa shape index (κ1) is 20.5. The van der Waals surface area contributed by atoms with Crippen molar-refractivity contribution in [2.45, 2.75) is 31.6 Å². The maximum absolute atomic E-state index is 12.8. The average molecular weight is 482 g/mol. The number of carbonyl (C=O) groups excluding carboxylic acids is 1. The smallest absolute Gasteiger partial charge is 0.273 e. The van der Waals surface area contributed by atoms with Crippen molar-refractivity contribution in [3.63, 3.8) is 0 Å². The first-order chi connectivity index (χ1) is 13.8. The Kier molecular flexibility index (Phi) is 5.76. The van der Waals surface area contributed by atoms with E-state index in [4.69, 9.17) is 0 Å². The Morgan fingerprint density at radius 2 is 1.83 bits per heavy atom. The van der Waals surface area contributed by atoms with Gasteiger partial charge in [0.1, 0.15) is 0 Å². The van der Waals surface area contributed by atoms with E-state index in [1.54, 1.807) is 4.68 Å². The molecule has 0 unspecified atom stereocenters. The van der Waals surface area contributed by atoms with Crippen LogP contribution in [0.3, 0.4) is 0 Å². The van der Waals surface area contributed by atoms with Crippen LogP contribution in [0.15, 0.2) is 28.7 Å². The summed E-state index contributed by atoms with van der Waals surface area (Å²) < 4.78 is 27.5. The van der Waals surface area contributed by atoms with E-state index in [0.717, 1.165) is 41.5 Å². The molecular weight excluding hydrogens is 458 g/mol. The van der Waals surface area contributed by atoms with Crippen LogP contribution < -0.4 is 5.32 Å². The molecule has 1 saturated heterocycles. The molecule has 8 nitrogen and oxygen atoms in total. The van der Waals surface area contributed by atoms with Gasteiger partial charge in [0.05, 0.1) is 17.6 Å². The summed E-state index contributed by atoms with van der Waals surface area (Å²) in [4.78, 5) is 12.8. The van der Waals surface area contributed by atoms with Crippen LogP contribution in [0.1, 0.15) is 47.8 Å². The SMILES string of the molecule is CS(=O)(=O)N1CCC(CNC(=O)c2nnn(-c3ccc(Br)cc3)c2C2CC2)CC1. The van der Waals surface area contributed by atoms with Crippen molar-refractivity contribution >= 4 is 31.9 Å². The van der Waals surface area contributed by atoms with Gasteiger partial charge in [0.25, 0.3) is 5.91 Å². The summed E-state index contributed by atoms with van der Waals surface area (Å²) in [6.45, 7) is 1.53. The molecule has 0 spiro atoms. The molecule has 0 bridgehead atoms. The molecular formula is C19H24BrN5O3S. The van der Waals surface area contributed by atoms with Crippen molar-refractivity contribution < 1.29 is 13.2 Å². The number of hydrogen-bond acceptors (Lipinski definition) is 5. The number of rotatable bonds is 6. The van der Waals surface area contributed by atoms with Gasteiger partial charge in [-0.25, -0.2) is 17.4 Å². The molecule has 1 aromatic carbocycles. The molecule has 1 amide bonds. The van der Waals surface area contributed by atoms with E-state index in [0.29, 0.717) is 31.2 Å². The van der Waals surface area contributed by atoms with Gasteiger partial charge in [-0.3, -0.25) is 4.79 Å². The lowest BCUT2D eigenvalue weighted by molar-refractivity contribution is 0.0935. The lowest BCUT2D eigenvalue weighted by atomic mass is 9.98. The zero-order valence-corrected chi connectivity index (χ0v) is 18.6. The Bertz CT molecular complexity index is 993. The fourth-order valence-electron chi connectivity index (χ4n) is 3.71. The van der Waals surface area contributed by atoms with Crippen molar-refractivity contribution in [1.82, 2.24) is 24.6 Å². The Morgan fingerprint density at radius 3 is 2.41 bits per heavy atom. The average Bonchev–Trinajstić information content (AvgIpc) is 3.44. The number of hydrogen-bond donors (Lipinski definition) is 1. The fraction of sp³-hybridized carbons (Fsp3) is 0.526. The highest BCUT2D eigenvalue weighted by Gasteiger charge is 2.34. The van der Waals surface area contributed by atoms with Crippen LogP contribution in [-0.4, -0.2) is 59.5 Å². The van der Waals surface area contributed by atoms with E-state index in [-0.39, 0.29) is 11.8 Å². The topological polar surface area (TPSA) is 97.2 Å². The molecule has 2 aliphatic rings. The number of piperidine rings is 1. The zero-order chi connectivity index (χ0) is 20.6. The second-order valence-electron chi connectivity index (χ2n) is 7.80. The van der Waals surface area contributed by atoms with Gasteiger partial charge in [0.2, 0.25) is 10.0 Å². The molecule has 2 fully saturated rings. The van der Waals surface area contributed by atoms with E-state index in [1.165, 1.54) is 10.6 Å². The molecule has 1 aliphatic heterocycles. The minimum absolute atomic E-state index is 0.208. The van der Waals surface area contributed by atoms with Crippen molar-refractivity contribution in [2.24, 2.45) is 5.92 Å². The molecule has 4 rings (SSSR count). The van der Waals surface area contributed by atoms with Crippen LogP contribution in [0.4, 0.5) is 0 Å². The van der Waals surface area contributed by atoms with Gasteiger partial charge in [0.15, 0.2) is 5.69 Å². The highest BCUT2D eigenvalue weighted by atomic mass is 79.9. The Balaban J connectivity index is 1.42. The molecule has 0 atom stereocenters. The van der Waals surface area contributed by atoms with Crippen molar-refractivity contribution in [3.8, 4) is 5.69 Å². The minimum atomic E-state index is -3.14. The number of aromatic nitrogens is 3. The number of carbonyl (C=O) groups is 1. The summed E-state index contributed by atoms with van der Waals surface area (Å²) in [6.07, 6.45) is 4.80. The summed E-state index contributed by atoms with van der Waals surface area (Å²) in [5.74, 6) is 0.371. The van der Waals surface area contributed by atoms with Crippen LogP contribution in [-0.2, 0) is 10.0 Å². The lowest BCUT2D eigenvalue weighted by Crippen LogP contribution is -2.41. The van der Waals surface area contributed by atoms with Crippen molar-refractivity contribution in [1.29, 1.82) is 0 Å². The maximum Gasteiger partial charge on any atom is 0.273 e. The van der Waals surface area contributed by atoms with Crippen LogP contribution in [0.2, 0.25) is 0 Å². The molecule has 1 aromatic heterocycles. The van der Waals surface area contributed by atoms with Crippen LogP contribution in [0, 0.1) is 5.92 Å². The Morgan fingerprint density at radius 1 is 1.17 bits per heavy atom. The summed E-state index contributed by atoms with van der Waals surface area (Å²) in [5, 5.41) is 11.4. The van der Waals surface area contributed by atoms with Gasteiger partial charge in [-0.15, -0.1) is 5.10 Å². The number of nitrogens with one attached hydrogen (secondary N) is 1. The van der Waals surface area contributed by atoms with Gasteiger partial charge in [-0.05, 0) is 55.9 Å². The van der Waals surface area contributed by atoms with Gasteiger partial charge >= 0.3 is 0 Å². The molecule has 0 radical (unpaired) electrons. The molecule has 10 heteroatoms. The highest BCUT2D eigenvalue weighted by Crippen LogP contribution is 2.42. The first-order valence-electron chi connectivity index (χ1n) is 9.78. The third-order valence-electron chi connectivity index (χ3n) is 5.55. The molecule has 2 aromatic rings. The molecule has 1 saturated carbocycles. The van der Waals surface area contributed by atoms with Gasteiger partial charge in [0, 0.05) is 30.0 Å². The summed E-state index contributed by atoms with van der Waals surface area (Å²) in [6, 6.07) is 7.77. The largest absolute Gasteiger partial charge is 0.350 e. The van der Waals surface area contributed by atoms with Crippen LogP contribution >= 0.6 is 15.9 Å². The predicted molar refractivity (Wildman–Crippen MR) is 113 cm³/mol. The minimum Gasteiger partial charge on any atom is -0.350 e. The fourth-order valence-corrected chi connectivity index (χ4v) is 4.85. The number of benzene rings is 1. The van der Waals surface area contributed by atoms with Crippen molar-refractivity contribution in [3.05, 3.63) is 40.1 Å². The third-order valence-corrected chi connectivity index (χ3v) is 7.38. The maximum atomic E-state index is 12.8. The van der Waals surface area contributed by atoms with E-state index in [1.807, 2.05) is 24.3 Å². The zero-order valence-electron chi connectivity index (χ0n) is 16.2. The number of nitrogens with zero attached hydrogens (tertiary/aromatic N) is 4. The number of amides is 1. The molecule has 156 valence electrons. The third kappa shape index (κ3) is 4.70. The van der Waals surface area contributed by atoms with E-state index < -0.39 is 10.0 Å². The summed E-state index contributed by atoms with van der Waals surface area (Å²) in [5.41, 5.74) is 2.15. The monoisotopic (exact) mass is 481 g/mol. The van der Waals surface area contributed by atoms with E-state index >= 15 is 0 Å². The Hall–Kier alpha value is -1.78. The van der Waals surface area contributed by atoms with Crippen molar-refractivity contribution in [2.75, 3.05) is 25.9 Å². The Labute approximate surface area is 178 Å². The summed E-state index contributed by atoms with van der Waals surface area (Å²) >= 11 is 3.43.